The number of aromatic nitrogens is 3. The lowest BCUT2D eigenvalue weighted by molar-refractivity contribution is 1.16. The minimum atomic E-state index is 0.418. The van der Waals surface area contributed by atoms with Gasteiger partial charge < -0.3 is 13.7 Å². The molecule has 3 heterocycles. The van der Waals surface area contributed by atoms with Crippen LogP contribution in [0.2, 0.25) is 0 Å². The maximum Gasteiger partial charge on any atom is 0.102 e. The number of hydrogen-bond acceptors (Lipinski definition) is 4. The maximum atomic E-state index is 11.2. The van der Waals surface area contributed by atoms with Crippen LogP contribution in [0.5, 0.6) is 0 Å². The van der Waals surface area contributed by atoms with Gasteiger partial charge in [-0.25, -0.2) is 0 Å². The van der Waals surface area contributed by atoms with Crippen molar-refractivity contribution in [1.29, 1.82) is 21.0 Å². The Morgan fingerprint density at radius 3 is 1.72 bits per heavy atom. The summed E-state index contributed by atoms with van der Waals surface area (Å²) in [6, 6.07) is 73.3. The van der Waals surface area contributed by atoms with Crippen LogP contribution in [-0.2, 0) is 0 Å². The van der Waals surface area contributed by atoms with Gasteiger partial charge in [0.25, 0.3) is 0 Å². The van der Waals surface area contributed by atoms with Crippen molar-refractivity contribution in [3.8, 4) is 52.5 Å². The van der Waals surface area contributed by atoms with Crippen LogP contribution in [0.15, 0.2) is 188 Å². The van der Waals surface area contributed by atoms with Gasteiger partial charge >= 0.3 is 0 Å². The molecule has 0 aliphatic carbocycles. The van der Waals surface area contributed by atoms with Crippen LogP contribution in [0.3, 0.4) is 0 Å². The molecule has 306 valence electrons. The predicted molar refractivity (Wildman–Crippen MR) is 269 cm³/mol. The van der Waals surface area contributed by atoms with Gasteiger partial charge in [-0.2, -0.15) is 21.0 Å². The van der Waals surface area contributed by atoms with E-state index in [0.29, 0.717) is 33.6 Å². The first kappa shape index (κ1) is 37.6. The van der Waals surface area contributed by atoms with Crippen LogP contribution in [0, 0.1) is 45.3 Å². The van der Waals surface area contributed by atoms with E-state index in [0.717, 1.165) is 104 Å². The molecule has 10 aromatic carbocycles. The van der Waals surface area contributed by atoms with E-state index in [1.807, 2.05) is 48.5 Å². The summed E-state index contributed by atoms with van der Waals surface area (Å²) in [5, 5.41) is 52.5. The molecule has 13 rings (SSSR count). The van der Waals surface area contributed by atoms with E-state index in [9.17, 15) is 21.0 Å². The molecular weight excluding hydrogens is 819 g/mol. The molecular formula is C60H31N7. The first-order chi connectivity index (χ1) is 33.1. The van der Waals surface area contributed by atoms with Crippen LogP contribution in [0.1, 0.15) is 22.3 Å². The largest absolute Gasteiger partial charge is 0.309 e. The van der Waals surface area contributed by atoms with Crippen LogP contribution in [0.4, 0.5) is 0 Å². The van der Waals surface area contributed by atoms with Crippen molar-refractivity contribution in [3.63, 3.8) is 0 Å². The molecule has 0 aliphatic heterocycles. The average Bonchev–Trinajstić information content (AvgIpc) is 4.02. The average molecular weight is 850 g/mol. The van der Waals surface area contributed by atoms with Crippen molar-refractivity contribution in [2.24, 2.45) is 0 Å². The normalized spacial score (nSPS) is 11.5. The fourth-order valence-corrected chi connectivity index (χ4v) is 10.6. The monoisotopic (exact) mass is 849 g/mol. The van der Waals surface area contributed by atoms with Crippen LogP contribution in [0.25, 0.3) is 115 Å². The molecule has 0 spiro atoms. The van der Waals surface area contributed by atoms with E-state index in [1.54, 1.807) is 12.1 Å². The molecule has 7 heteroatoms. The molecule has 67 heavy (non-hydrogen) atoms. The van der Waals surface area contributed by atoms with Gasteiger partial charge in [-0.3, -0.25) is 0 Å². The Bertz CT molecular complexity index is 4510. The van der Waals surface area contributed by atoms with Gasteiger partial charge in [0.1, 0.15) is 18.2 Å². The molecule has 7 nitrogen and oxygen atoms in total. The number of nitriles is 4. The van der Waals surface area contributed by atoms with Crippen molar-refractivity contribution in [3.05, 3.63) is 210 Å². The number of nitrogens with zero attached hydrogens (tertiary/aromatic N) is 7. The Morgan fingerprint density at radius 2 is 0.970 bits per heavy atom. The molecule has 0 saturated carbocycles. The standard InChI is InChI=1S/C60H31N7/c61-32-36-17-23-52(42(27-36)34-63)66-56-26-21-43(31-50(56)59-45-12-4-3-9-37(45)19-25-57(59)66)65-53-15-7-5-13-46(53)48-29-40(20-24-55(48)65)44-22-18-41(33-62)60(51(44)35-64)67-54-16-8-6-14-47(54)49-28-38-10-1-2-11-39(38)30-58(49)67/h1-31H. The second-order valence-electron chi connectivity index (χ2n) is 16.9. The van der Waals surface area contributed by atoms with Crippen molar-refractivity contribution >= 4 is 87.0 Å². The zero-order valence-corrected chi connectivity index (χ0v) is 35.5. The van der Waals surface area contributed by atoms with E-state index in [-0.39, 0.29) is 0 Å². The van der Waals surface area contributed by atoms with Gasteiger partial charge in [-0.15, -0.1) is 0 Å². The molecule has 0 bridgehead atoms. The number of para-hydroxylation sites is 2. The minimum Gasteiger partial charge on any atom is -0.309 e. The molecule has 0 atom stereocenters. The minimum absolute atomic E-state index is 0.418. The smallest absolute Gasteiger partial charge is 0.102 e. The van der Waals surface area contributed by atoms with Crippen molar-refractivity contribution in [1.82, 2.24) is 13.7 Å². The van der Waals surface area contributed by atoms with Gasteiger partial charge in [-0.1, -0.05) is 103 Å². The fourth-order valence-electron chi connectivity index (χ4n) is 10.6. The molecule has 13 aromatic rings. The van der Waals surface area contributed by atoms with E-state index in [4.69, 9.17) is 0 Å². The lowest BCUT2D eigenvalue weighted by atomic mass is 9.94. The molecule has 0 unspecified atom stereocenters. The molecule has 0 N–H and O–H groups in total. The van der Waals surface area contributed by atoms with Gasteiger partial charge in [0.2, 0.25) is 0 Å². The number of rotatable bonds is 4. The van der Waals surface area contributed by atoms with Gasteiger partial charge in [0, 0.05) is 43.6 Å². The summed E-state index contributed by atoms with van der Waals surface area (Å²) in [6.07, 6.45) is 0. The highest BCUT2D eigenvalue weighted by Crippen LogP contribution is 2.43. The first-order valence-electron chi connectivity index (χ1n) is 21.9. The summed E-state index contributed by atoms with van der Waals surface area (Å²) in [7, 11) is 0. The summed E-state index contributed by atoms with van der Waals surface area (Å²) < 4.78 is 6.53. The molecule has 0 radical (unpaired) electrons. The third-order valence-electron chi connectivity index (χ3n) is 13.5. The highest BCUT2D eigenvalue weighted by Gasteiger charge is 2.24. The Kier molecular flexibility index (Phi) is 8.03. The zero-order chi connectivity index (χ0) is 44.9. The lowest BCUT2D eigenvalue weighted by Crippen LogP contribution is -2.03. The van der Waals surface area contributed by atoms with E-state index >= 15 is 0 Å². The van der Waals surface area contributed by atoms with Crippen LogP contribution in [-0.4, -0.2) is 13.7 Å². The zero-order valence-electron chi connectivity index (χ0n) is 35.5. The second kappa shape index (κ2) is 14.3. The Hall–Kier alpha value is -9.92. The van der Waals surface area contributed by atoms with E-state index in [1.165, 1.54) is 0 Å². The van der Waals surface area contributed by atoms with E-state index < -0.39 is 0 Å². The quantitative estimate of drug-likeness (QED) is 0.176. The second-order valence-corrected chi connectivity index (χ2v) is 16.9. The van der Waals surface area contributed by atoms with Crippen LogP contribution < -0.4 is 0 Å². The summed E-state index contributed by atoms with van der Waals surface area (Å²) in [5.41, 5.74) is 11.3. The topological polar surface area (TPSA) is 110 Å². The molecule has 0 fully saturated rings. The Labute approximate surface area is 382 Å². The third kappa shape index (κ3) is 5.35. The number of hydrogen-bond donors (Lipinski definition) is 0. The number of fused-ring (bicyclic) bond motifs is 12. The predicted octanol–water partition coefficient (Wildman–Crippen LogP) is 14.4. The molecule has 0 aliphatic rings. The molecule has 0 saturated heterocycles. The summed E-state index contributed by atoms with van der Waals surface area (Å²) in [4.78, 5) is 0. The highest BCUT2D eigenvalue weighted by molar-refractivity contribution is 6.22. The summed E-state index contributed by atoms with van der Waals surface area (Å²) in [6.45, 7) is 0. The lowest BCUT2D eigenvalue weighted by Gasteiger charge is -2.16. The summed E-state index contributed by atoms with van der Waals surface area (Å²) in [5.74, 6) is 0. The van der Waals surface area contributed by atoms with Crippen molar-refractivity contribution < 1.29 is 0 Å². The fraction of sp³-hybridized carbons (Fsp3) is 0. The summed E-state index contributed by atoms with van der Waals surface area (Å²) >= 11 is 0. The molecule has 3 aromatic heterocycles. The van der Waals surface area contributed by atoms with Crippen molar-refractivity contribution in [2.75, 3.05) is 0 Å². The maximum absolute atomic E-state index is 11.2. The molecule has 0 amide bonds. The van der Waals surface area contributed by atoms with Gasteiger partial charge in [-0.05, 0) is 112 Å². The Morgan fingerprint density at radius 1 is 0.343 bits per heavy atom. The highest BCUT2D eigenvalue weighted by atomic mass is 15.0. The SMILES string of the molecule is N#Cc1ccc(-n2c3ccc(-n4c5ccccc5c5cc(-c6ccc(C#N)c(-n7c8ccccc8c8cc9ccccc9cc87)c6C#N)ccc54)cc3c3c4ccccc4ccc32)c(C#N)c1. The van der Waals surface area contributed by atoms with Gasteiger partial charge in [0.15, 0.2) is 0 Å². The first-order valence-corrected chi connectivity index (χ1v) is 21.9. The third-order valence-corrected chi connectivity index (χ3v) is 13.5. The van der Waals surface area contributed by atoms with Crippen molar-refractivity contribution in [2.45, 2.75) is 0 Å². The van der Waals surface area contributed by atoms with Crippen LogP contribution >= 0.6 is 0 Å². The van der Waals surface area contributed by atoms with Gasteiger partial charge in [0.05, 0.1) is 72.8 Å². The Balaban J connectivity index is 1.04. The van der Waals surface area contributed by atoms with E-state index in [2.05, 4.69) is 165 Å². The number of benzene rings is 10.